The summed E-state index contributed by atoms with van der Waals surface area (Å²) in [6.45, 7) is 5.38. The average Bonchev–Trinajstić information content (AvgIpc) is 2.66. The van der Waals surface area contributed by atoms with Crippen LogP contribution in [0.4, 0.5) is 14.9 Å². The molecule has 2 aromatic carbocycles. The van der Waals surface area contributed by atoms with Crippen LogP contribution in [0, 0.1) is 5.82 Å². The van der Waals surface area contributed by atoms with Crippen molar-refractivity contribution in [2.75, 3.05) is 18.5 Å². The zero-order valence-electron chi connectivity index (χ0n) is 16.1. The van der Waals surface area contributed by atoms with E-state index in [0.29, 0.717) is 25.4 Å². The van der Waals surface area contributed by atoms with Crippen LogP contribution in [0.2, 0.25) is 0 Å². The summed E-state index contributed by atoms with van der Waals surface area (Å²) in [7, 11) is 0. The monoisotopic (exact) mass is 387 g/mol. The van der Waals surface area contributed by atoms with Crippen molar-refractivity contribution >= 4 is 17.6 Å². The van der Waals surface area contributed by atoms with Gasteiger partial charge in [-0.3, -0.25) is 4.79 Å². The SMILES string of the molecule is CC(C)OCCCNC(=O)NCc1cccc(NC(=O)c2cccc(F)c2)c1. The van der Waals surface area contributed by atoms with Crippen LogP contribution in [0.3, 0.4) is 0 Å². The van der Waals surface area contributed by atoms with E-state index in [0.717, 1.165) is 12.0 Å². The minimum Gasteiger partial charge on any atom is -0.379 e. The summed E-state index contributed by atoms with van der Waals surface area (Å²) in [6, 6.07) is 12.3. The highest BCUT2D eigenvalue weighted by Crippen LogP contribution is 2.13. The molecule has 3 N–H and O–H groups in total. The van der Waals surface area contributed by atoms with E-state index in [2.05, 4.69) is 16.0 Å². The zero-order valence-corrected chi connectivity index (χ0v) is 16.1. The minimum atomic E-state index is -0.465. The maximum Gasteiger partial charge on any atom is 0.315 e. The fraction of sp³-hybridized carbons (Fsp3) is 0.333. The highest BCUT2D eigenvalue weighted by molar-refractivity contribution is 6.04. The van der Waals surface area contributed by atoms with Crippen molar-refractivity contribution in [3.05, 3.63) is 65.5 Å². The third-order valence-electron chi connectivity index (χ3n) is 3.78. The van der Waals surface area contributed by atoms with Crippen molar-refractivity contribution in [2.45, 2.75) is 32.9 Å². The van der Waals surface area contributed by atoms with Crippen LogP contribution in [-0.2, 0) is 11.3 Å². The molecular formula is C21H26FN3O3. The number of hydrogen-bond acceptors (Lipinski definition) is 3. The van der Waals surface area contributed by atoms with Gasteiger partial charge in [0, 0.05) is 30.9 Å². The third kappa shape index (κ3) is 7.75. The lowest BCUT2D eigenvalue weighted by atomic mass is 10.1. The number of benzene rings is 2. The predicted octanol–water partition coefficient (Wildman–Crippen LogP) is 3.69. The molecule has 3 amide bonds. The molecule has 0 saturated carbocycles. The molecule has 0 atom stereocenters. The van der Waals surface area contributed by atoms with Gasteiger partial charge in [0.25, 0.3) is 5.91 Å². The molecule has 0 aliphatic heterocycles. The molecule has 2 rings (SSSR count). The van der Waals surface area contributed by atoms with Gasteiger partial charge in [0.1, 0.15) is 5.82 Å². The van der Waals surface area contributed by atoms with Crippen molar-refractivity contribution in [1.29, 1.82) is 0 Å². The Labute approximate surface area is 164 Å². The van der Waals surface area contributed by atoms with Gasteiger partial charge in [-0.05, 0) is 56.2 Å². The van der Waals surface area contributed by atoms with Crippen LogP contribution in [0.1, 0.15) is 36.2 Å². The summed E-state index contributed by atoms with van der Waals surface area (Å²) >= 11 is 0. The number of rotatable bonds is 9. The molecule has 0 aliphatic carbocycles. The van der Waals surface area contributed by atoms with E-state index in [9.17, 15) is 14.0 Å². The van der Waals surface area contributed by atoms with E-state index >= 15 is 0 Å². The third-order valence-corrected chi connectivity index (χ3v) is 3.78. The van der Waals surface area contributed by atoms with Crippen LogP contribution in [-0.4, -0.2) is 31.2 Å². The van der Waals surface area contributed by atoms with E-state index in [1.54, 1.807) is 24.3 Å². The second-order valence-corrected chi connectivity index (χ2v) is 6.55. The molecule has 0 aromatic heterocycles. The number of hydrogen-bond donors (Lipinski definition) is 3. The Morgan fingerprint density at radius 2 is 1.86 bits per heavy atom. The van der Waals surface area contributed by atoms with E-state index in [4.69, 9.17) is 4.74 Å². The molecule has 28 heavy (non-hydrogen) atoms. The summed E-state index contributed by atoms with van der Waals surface area (Å²) in [5.41, 5.74) is 1.64. The first-order chi connectivity index (χ1) is 13.4. The van der Waals surface area contributed by atoms with E-state index in [-0.39, 0.29) is 17.7 Å². The summed E-state index contributed by atoms with van der Waals surface area (Å²) in [5.74, 6) is -0.863. The average molecular weight is 387 g/mol. The molecule has 0 fully saturated rings. The van der Waals surface area contributed by atoms with Crippen LogP contribution in [0.25, 0.3) is 0 Å². The number of ether oxygens (including phenoxy) is 1. The molecule has 0 bridgehead atoms. The Morgan fingerprint density at radius 3 is 2.61 bits per heavy atom. The van der Waals surface area contributed by atoms with Gasteiger partial charge in [0.05, 0.1) is 6.10 Å². The van der Waals surface area contributed by atoms with Crippen LogP contribution in [0.5, 0.6) is 0 Å². The molecular weight excluding hydrogens is 361 g/mol. The van der Waals surface area contributed by atoms with Crippen molar-refractivity contribution in [3.63, 3.8) is 0 Å². The molecule has 0 radical (unpaired) electrons. The number of amides is 3. The van der Waals surface area contributed by atoms with Gasteiger partial charge >= 0.3 is 6.03 Å². The molecule has 0 saturated heterocycles. The summed E-state index contributed by atoms with van der Waals surface area (Å²) < 4.78 is 18.6. The first-order valence-corrected chi connectivity index (χ1v) is 9.23. The largest absolute Gasteiger partial charge is 0.379 e. The number of carbonyl (C=O) groups is 2. The Morgan fingerprint density at radius 1 is 1.07 bits per heavy atom. The Kier molecular flexibility index (Phi) is 8.42. The highest BCUT2D eigenvalue weighted by atomic mass is 19.1. The van der Waals surface area contributed by atoms with Gasteiger partial charge < -0.3 is 20.7 Å². The summed E-state index contributed by atoms with van der Waals surface area (Å²) in [5, 5.41) is 8.25. The van der Waals surface area contributed by atoms with E-state index in [1.807, 2.05) is 19.9 Å². The molecule has 7 heteroatoms. The summed E-state index contributed by atoms with van der Waals surface area (Å²) in [4.78, 5) is 24.0. The van der Waals surface area contributed by atoms with Crippen LogP contribution in [0.15, 0.2) is 48.5 Å². The van der Waals surface area contributed by atoms with Gasteiger partial charge in [-0.25, -0.2) is 9.18 Å². The topological polar surface area (TPSA) is 79.5 Å². The molecule has 0 aliphatic rings. The normalized spacial score (nSPS) is 10.6. The van der Waals surface area contributed by atoms with Crippen molar-refractivity contribution in [1.82, 2.24) is 10.6 Å². The van der Waals surface area contributed by atoms with Gasteiger partial charge in [0.15, 0.2) is 0 Å². The molecule has 0 unspecified atom stereocenters. The van der Waals surface area contributed by atoms with E-state index < -0.39 is 11.7 Å². The maximum atomic E-state index is 13.2. The quantitative estimate of drug-likeness (QED) is 0.574. The number of halogens is 1. The lowest BCUT2D eigenvalue weighted by Gasteiger charge is -2.10. The fourth-order valence-corrected chi connectivity index (χ4v) is 2.43. The van der Waals surface area contributed by atoms with Gasteiger partial charge in [-0.1, -0.05) is 18.2 Å². The maximum absolute atomic E-state index is 13.2. The van der Waals surface area contributed by atoms with Gasteiger partial charge in [-0.15, -0.1) is 0 Å². The van der Waals surface area contributed by atoms with Gasteiger partial charge in [0.2, 0.25) is 0 Å². The summed E-state index contributed by atoms with van der Waals surface area (Å²) in [6.07, 6.45) is 0.926. The predicted molar refractivity (Wildman–Crippen MR) is 107 cm³/mol. The molecule has 150 valence electrons. The first kappa shape index (κ1) is 21.4. The standard InChI is InChI=1S/C21H26FN3O3/c1-15(2)28-11-5-10-23-21(27)24-14-16-6-3-9-19(12-16)25-20(26)17-7-4-8-18(22)13-17/h3-4,6-9,12-13,15H,5,10-11,14H2,1-2H3,(H,25,26)(H2,23,24,27). The minimum absolute atomic E-state index is 0.183. The van der Waals surface area contributed by atoms with Crippen molar-refractivity contribution < 1.29 is 18.7 Å². The molecule has 0 spiro atoms. The molecule has 6 nitrogen and oxygen atoms in total. The second kappa shape index (κ2) is 11.0. The number of carbonyl (C=O) groups excluding carboxylic acids is 2. The second-order valence-electron chi connectivity index (χ2n) is 6.55. The Hall–Kier alpha value is -2.93. The van der Waals surface area contributed by atoms with Crippen molar-refractivity contribution in [3.8, 4) is 0 Å². The lowest BCUT2D eigenvalue weighted by Crippen LogP contribution is -2.36. The van der Waals surface area contributed by atoms with Crippen LogP contribution >= 0.6 is 0 Å². The Bertz CT molecular complexity index is 796. The van der Waals surface area contributed by atoms with Crippen LogP contribution < -0.4 is 16.0 Å². The number of urea groups is 1. The molecule has 2 aromatic rings. The Balaban J connectivity index is 1.78. The number of nitrogens with one attached hydrogen (secondary N) is 3. The highest BCUT2D eigenvalue weighted by Gasteiger charge is 2.08. The van der Waals surface area contributed by atoms with E-state index in [1.165, 1.54) is 18.2 Å². The first-order valence-electron chi connectivity index (χ1n) is 9.23. The number of anilines is 1. The van der Waals surface area contributed by atoms with Gasteiger partial charge in [-0.2, -0.15) is 0 Å². The zero-order chi connectivity index (χ0) is 20.4. The lowest BCUT2D eigenvalue weighted by molar-refractivity contribution is 0.0774. The smallest absolute Gasteiger partial charge is 0.315 e. The molecule has 0 heterocycles. The fourth-order valence-electron chi connectivity index (χ4n) is 2.43. The van der Waals surface area contributed by atoms with Crippen molar-refractivity contribution in [2.24, 2.45) is 0 Å².